The van der Waals surface area contributed by atoms with E-state index in [4.69, 9.17) is 10.5 Å². The summed E-state index contributed by atoms with van der Waals surface area (Å²) in [5.74, 6) is 0.896. The first kappa shape index (κ1) is 18.0. The van der Waals surface area contributed by atoms with E-state index in [9.17, 15) is 4.79 Å². The monoisotopic (exact) mass is 326 g/mol. The molecule has 0 fully saturated rings. The van der Waals surface area contributed by atoms with Gasteiger partial charge in [-0.3, -0.25) is 4.79 Å². The van der Waals surface area contributed by atoms with Crippen LogP contribution in [-0.4, -0.2) is 18.5 Å². The molecule has 0 heterocycles. The number of benzene rings is 2. The third kappa shape index (κ3) is 5.70. The van der Waals surface area contributed by atoms with Crippen molar-refractivity contribution < 1.29 is 9.53 Å². The van der Waals surface area contributed by atoms with Gasteiger partial charge in [-0.05, 0) is 35.6 Å². The lowest BCUT2D eigenvalue weighted by Crippen LogP contribution is -2.44. The lowest BCUT2D eigenvalue weighted by molar-refractivity contribution is -0.123. The highest BCUT2D eigenvalue weighted by Crippen LogP contribution is 2.14. The zero-order chi connectivity index (χ0) is 17.4. The summed E-state index contributed by atoms with van der Waals surface area (Å²) in [6.45, 7) is 5.03. The topological polar surface area (TPSA) is 64.4 Å². The molecule has 0 aliphatic carbocycles. The fourth-order valence-electron chi connectivity index (χ4n) is 2.24. The number of amides is 1. The minimum Gasteiger partial charge on any atom is -0.489 e. The standard InChI is InChI=1S/C20H26N2O2/c1-15(2)19(21)20(23)22-13-12-16-8-10-18(11-9-16)24-14-17-6-4-3-5-7-17/h3-11,15,19H,12-14,21H2,1-2H3,(H,22,23)/t19-/m0/s1. The lowest BCUT2D eigenvalue weighted by atomic mass is 10.0. The van der Waals surface area contributed by atoms with Crippen molar-refractivity contribution in [2.75, 3.05) is 6.54 Å². The molecule has 4 nitrogen and oxygen atoms in total. The Balaban J connectivity index is 1.75. The van der Waals surface area contributed by atoms with Crippen LogP contribution in [0, 0.1) is 5.92 Å². The van der Waals surface area contributed by atoms with E-state index in [0.29, 0.717) is 13.2 Å². The number of hydrogen-bond donors (Lipinski definition) is 2. The molecule has 2 aromatic carbocycles. The molecule has 1 amide bonds. The number of carbonyl (C=O) groups is 1. The molecule has 1 atom stereocenters. The molecule has 0 aromatic heterocycles. The van der Waals surface area contributed by atoms with Gasteiger partial charge in [0.05, 0.1) is 6.04 Å². The van der Waals surface area contributed by atoms with Gasteiger partial charge in [0.25, 0.3) is 0 Å². The van der Waals surface area contributed by atoms with Crippen LogP contribution in [-0.2, 0) is 17.8 Å². The van der Waals surface area contributed by atoms with Crippen LogP contribution in [0.15, 0.2) is 54.6 Å². The van der Waals surface area contributed by atoms with Crippen LogP contribution >= 0.6 is 0 Å². The highest BCUT2D eigenvalue weighted by Gasteiger charge is 2.16. The quantitative estimate of drug-likeness (QED) is 0.784. The van der Waals surface area contributed by atoms with Crippen molar-refractivity contribution in [3.05, 3.63) is 65.7 Å². The number of nitrogens with one attached hydrogen (secondary N) is 1. The first-order valence-corrected chi connectivity index (χ1v) is 8.35. The molecule has 0 aliphatic heterocycles. The van der Waals surface area contributed by atoms with Crippen molar-refractivity contribution in [3.63, 3.8) is 0 Å². The smallest absolute Gasteiger partial charge is 0.237 e. The van der Waals surface area contributed by atoms with Crippen LogP contribution < -0.4 is 15.8 Å². The van der Waals surface area contributed by atoms with Crippen molar-refractivity contribution in [2.24, 2.45) is 11.7 Å². The molecule has 3 N–H and O–H groups in total. The maximum absolute atomic E-state index is 11.8. The molecule has 128 valence electrons. The molecule has 0 saturated heterocycles. The van der Waals surface area contributed by atoms with E-state index in [0.717, 1.165) is 23.3 Å². The van der Waals surface area contributed by atoms with Gasteiger partial charge >= 0.3 is 0 Å². The Kier molecular flexibility index (Phi) is 6.82. The minimum absolute atomic E-state index is 0.0900. The molecule has 0 spiro atoms. The Bertz CT molecular complexity index is 624. The van der Waals surface area contributed by atoms with Gasteiger partial charge in [-0.2, -0.15) is 0 Å². The number of rotatable bonds is 8. The lowest BCUT2D eigenvalue weighted by Gasteiger charge is -2.15. The Morgan fingerprint density at radius 2 is 1.71 bits per heavy atom. The summed E-state index contributed by atoms with van der Waals surface area (Å²) in [4.78, 5) is 11.8. The fourth-order valence-corrected chi connectivity index (χ4v) is 2.24. The summed E-state index contributed by atoms with van der Waals surface area (Å²) in [7, 11) is 0. The summed E-state index contributed by atoms with van der Waals surface area (Å²) < 4.78 is 5.76. The SMILES string of the molecule is CC(C)[C@H](N)C(=O)NCCc1ccc(OCc2ccccc2)cc1. The average molecular weight is 326 g/mol. The molecule has 4 heteroatoms. The first-order valence-electron chi connectivity index (χ1n) is 8.35. The maximum atomic E-state index is 11.8. The van der Waals surface area contributed by atoms with E-state index in [1.807, 2.05) is 68.4 Å². The van der Waals surface area contributed by atoms with Gasteiger partial charge in [0.1, 0.15) is 12.4 Å². The second-order valence-corrected chi connectivity index (χ2v) is 6.23. The second-order valence-electron chi connectivity index (χ2n) is 6.23. The number of carbonyl (C=O) groups excluding carboxylic acids is 1. The molecular formula is C20H26N2O2. The van der Waals surface area contributed by atoms with Gasteiger partial charge in [0.15, 0.2) is 0 Å². The van der Waals surface area contributed by atoms with E-state index in [1.165, 1.54) is 0 Å². The summed E-state index contributed by atoms with van der Waals surface area (Å²) >= 11 is 0. The van der Waals surface area contributed by atoms with Gasteiger partial charge < -0.3 is 15.8 Å². The van der Waals surface area contributed by atoms with Crippen LogP contribution in [0.5, 0.6) is 5.75 Å². The van der Waals surface area contributed by atoms with Crippen LogP contribution in [0.3, 0.4) is 0 Å². The molecule has 0 bridgehead atoms. The summed E-state index contributed by atoms with van der Waals surface area (Å²) in [6.07, 6.45) is 0.773. The first-order chi connectivity index (χ1) is 11.6. The summed E-state index contributed by atoms with van der Waals surface area (Å²) in [5.41, 5.74) is 8.11. The van der Waals surface area contributed by atoms with Gasteiger partial charge in [0.2, 0.25) is 5.91 Å². The zero-order valence-corrected chi connectivity index (χ0v) is 14.4. The predicted molar refractivity (Wildman–Crippen MR) is 96.7 cm³/mol. The molecule has 24 heavy (non-hydrogen) atoms. The minimum atomic E-state index is -0.446. The van der Waals surface area contributed by atoms with Gasteiger partial charge in [-0.25, -0.2) is 0 Å². The fraction of sp³-hybridized carbons (Fsp3) is 0.350. The Morgan fingerprint density at radius 3 is 2.33 bits per heavy atom. The van der Waals surface area contributed by atoms with Crippen molar-refractivity contribution in [3.8, 4) is 5.75 Å². The van der Waals surface area contributed by atoms with E-state index >= 15 is 0 Å². The summed E-state index contributed by atoms with van der Waals surface area (Å²) in [5, 5.41) is 2.88. The van der Waals surface area contributed by atoms with Crippen LogP contribution in [0.2, 0.25) is 0 Å². The molecule has 2 rings (SSSR count). The van der Waals surface area contributed by atoms with Crippen LogP contribution in [0.1, 0.15) is 25.0 Å². The number of ether oxygens (including phenoxy) is 1. The van der Waals surface area contributed by atoms with Gasteiger partial charge in [0, 0.05) is 6.54 Å². The summed E-state index contributed by atoms with van der Waals surface area (Å²) in [6, 6.07) is 17.6. The van der Waals surface area contributed by atoms with E-state index in [-0.39, 0.29) is 11.8 Å². The van der Waals surface area contributed by atoms with Crippen molar-refractivity contribution in [1.82, 2.24) is 5.32 Å². The zero-order valence-electron chi connectivity index (χ0n) is 14.4. The average Bonchev–Trinajstić information content (AvgIpc) is 2.61. The second kappa shape index (κ2) is 9.08. The van der Waals surface area contributed by atoms with Gasteiger partial charge in [-0.15, -0.1) is 0 Å². The highest BCUT2D eigenvalue weighted by molar-refractivity contribution is 5.81. The molecule has 2 aromatic rings. The largest absolute Gasteiger partial charge is 0.489 e. The van der Waals surface area contributed by atoms with E-state index in [2.05, 4.69) is 5.32 Å². The Hall–Kier alpha value is -2.33. The molecule has 0 aliphatic rings. The Morgan fingerprint density at radius 1 is 1.04 bits per heavy atom. The van der Waals surface area contributed by atoms with Gasteiger partial charge in [-0.1, -0.05) is 56.3 Å². The third-order valence-corrected chi connectivity index (χ3v) is 3.91. The van der Waals surface area contributed by atoms with Crippen molar-refractivity contribution >= 4 is 5.91 Å². The van der Waals surface area contributed by atoms with Crippen molar-refractivity contribution in [1.29, 1.82) is 0 Å². The number of hydrogen-bond acceptors (Lipinski definition) is 3. The predicted octanol–water partition coefficient (Wildman–Crippen LogP) is 2.91. The molecule has 0 saturated carbocycles. The normalized spacial score (nSPS) is 12.0. The van der Waals surface area contributed by atoms with E-state index < -0.39 is 6.04 Å². The number of nitrogens with two attached hydrogens (primary N) is 1. The molecule has 0 radical (unpaired) electrons. The van der Waals surface area contributed by atoms with E-state index in [1.54, 1.807) is 0 Å². The van der Waals surface area contributed by atoms with Crippen molar-refractivity contribution in [2.45, 2.75) is 32.9 Å². The highest BCUT2D eigenvalue weighted by atomic mass is 16.5. The molecule has 0 unspecified atom stereocenters. The van der Waals surface area contributed by atoms with Crippen LogP contribution in [0.4, 0.5) is 0 Å². The third-order valence-electron chi connectivity index (χ3n) is 3.91. The van der Waals surface area contributed by atoms with Crippen LogP contribution in [0.25, 0.3) is 0 Å². The Labute approximate surface area is 144 Å². The maximum Gasteiger partial charge on any atom is 0.237 e. The molecular weight excluding hydrogens is 300 g/mol.